The Bertz CT molecular complexity index is 442. The van der Waals surface area contributed by atoms with Crippen molar-refractivity contribution in [1.82, 2.24) is 9.80 Å². The van der Waals surface area contributed by atoms with Crippen LogP contribution < -0.4 is 0 Å². The van der Waals surface area contributed by atoms with Crippen molar-refractivity contribution in [3.63, 3.8) is 0 Å². The molecule has 4 heteroatoms. The molecule has 3 rings (SSSR count). The minimum atomic E-state index is 0.0395. The summed E-state index contributed by atoms with van der Waals surface area (Å²) in [6.07, 6.45) is 7.44. The van der Waals surface area contributed by atoms with Crippen molar-refractivity contribution in [2.24, 2.45) is 17.3 Å². The van der Waals surface area contributed by atoms with Gasteiger partial charge in [-0.3, -0.25) is 9.59 Å². The summed E-state index contributed by atoms with van der Waals surface area (Å²) in [7, 11) is 0. The fraction of sp³-hybridized carbons (Fsp3) is 0.889. The number of hydrogen-bond acceptors (Lipinski definition) is 2. The smallest absolute Gasteiger partial charge is 0.227 e. The Labute approximate surface area is 134 Å². The van der Waals surface area contributed by atoms with E-state index < -0.39 is 0 Å². The van der Waals surface area contributed by atoms with Crippen LogP contribution in [0.15, 0.2) is 0 Å². The molecular formula is C18H30N2O2. The quantitative estimate of drug-likeness (QED) is 0.787. The second-order valence-corrected chi connectivity index (χ2v) is 8.24. The van der Waals surface area contributed by atoms with Crippen molar-refractivity contribution in [2.45, 2.75) is 58.8 Å². The van der Waals surface area contributed by atoms with Crippen molar-refractivity contribution < 1.29 is 9.59 Å². The zero-order valence-electron chi connectivity index (χ0n) is 14.1. The Morgan fingerprint density at radius 2 is 1.50 bits per heavy atom. The third kappa shape index (κ3) is 3.64. The van der Waals surface area contributed by atoms with Gasteiger partial charge in [-0.15, -0.1) is 0 Å². The van der Waals surface area contributed by atoms with Gasteiger partial charge in [-0.05, 0) is 50.4 Å². The predicted molar refractivity (Wildman–Crippen MR) is 86.2 cm³/mol. The van der Waals surface area contributed by atoms with E-state index in [0.717, 1.165) is 58.2 Å². The van der Waals surface area contributed by atoms with E-state index in [1.807, 2.05) is 4.90 Å². The second kappa shape index (κ2) is 6.21. The van der Waals surface area contributed by atoms with Gasteiger partial charge in [0.25, 0.3) is 0 Å². The van der Waals surface area contributed by atoms with Crippen LogP contribution >= 0.6 is 0 Å². The summed E-state index contributed by atoms with van der Waals surface area (Å²) in [6.45, 7) is 7.91. The van der Waals surface area contributed by atoms with E-state index >= 15 is 0 Å². The van der Waals surface area contributed by atoms with Gasteiger partial charge in [-0.25, -0.2) is 0 Å². The monoisotopic (exact) mass is 306 g/mol. The first-order valence-electron chi connectivity index (χ1n) is 9.04. The number of likely N-dealkylation sites (tertiary alicyclic amines) is 2. The SMILES string of the molecule is CC1(C)CCCN(C(=O)[C@H]2CCCN(C(=O)C3CC3)C2)CC1. The third-order valence-electron chi connectivity index (χ3n) is 5.66. The highest BCUT2D eigenvalue weighted by Crippen LogP contribution is 2.33. The van der Waals surface area contributed by atoms with Crippen LogP contribution in [0.5, 0.6) is 0 Å². The molecule has 3 fully saturated rings. The molecule has 0 unspecified atom stereocenters. The molecule has 0 bridgehead atoms. The van der Waals surface area contributed by atoms with Gasteiger partial charge < -0.3 is 9.80 Å². The molecule has 124 valence electrons. The van der Waals surface area contributed by atoms with Gasteiger partial charge in [0.05, 0.1) is 5.92 Å². The maximum atomic E-state index is 12.9. The van der Waals surface area contributed by atoms with Crippen molar-refractivity contribution in [3.05, 3.63) is 0 Å². The molecular weight excluding hydrogens is 276 g/mol. The molecule has 22 heavy (non-hydrogen) atoms. The zero-order chi connectivity index (χ0) is 15.7. The van der Waals surface area contributed by atoms with Crippen LogP contribution in [0.2, 0.25) is 0 Å². The molecule has 1 aliphatic carbocycles. The standard InChI is InChI=1S/C18H30N2O2/c1-18(2)8-4-11-19(12-9-18)17(22)15-5-3-10-20(13-15)16(21)14-6-7-14/h14-15H,3-13H2,1-2H3/t15-/m0/s1. The van der Waals surface area contributed by atoms with E-state index in [1.165, 1.54) is 6.42 Å². The lowest BCUT2D eigenvalue weighted by atomic mass is 9.85. The molecule has 0 radical (unpaired) electrons. The Balaban J connectivity index is 1.58. The lowest BCUT2D eigenvalue weighted by molar-refractivity contribution is -0.141. The van der Waals surface area contributed by atoms with E-state index in [4.69, 9.17) is 0 Å². The fourth-order valence-corrected chi connectivity index (χ4v) is 3.87. The number of rotatable bonds is 2. The molecule has 0 aromatic carbocycles. The van der Waals surface area contributed by atoms with Crippen LogP contribution in [-0.4, -0.2) is 47.8 Å². The molecule has 0 aromatic heterocycles. The third-order valence-corrected chi connectivity index (χ3v) is 5.66. The molecule has 2 amide bonds. The van der Waals surface area contributed by atoms with Gasteiger partial charge in [0.15, 0.2) is 0 Å². The largest absolute Gasteiger partial charge is 0.342 e. The highest BCUT2D eigenvalue weighted by atomic mass is 16.2. The van der Waals surface area contributed by atoms with Gasteiger partial charge in [-0.2, -0.15) is 0 Å². The Kier molecular flexibility index (Phi) is 4.47. The van der Waals surface area contributed by atoms with Crippen LogP contribution in [0.1, 0.15) is 58.8 Å². The topological polar surface area (TPSA) is 40.6 Å². The second-order valence-electron chi connectivity index (χ2n) is 8.24. The Morgan fingerprint density at radius 3 is 2.23 bits per heavy atom. The maximum absolute atomic E-state index is 12.9. The zero-order valence-corrected chi connectivity index (χ0v) is 14.1. The first kappa shape index (κ1) is 15.8. The summed E-state index contributed by atoms with van der Waals surface area (Å²) in [5.41, 5.74) is 0.357. The number of amides is 2. The summed E-state index contributed by atoms with van der Waals surface area (Å²) >= 11 is 0. The van der Waals surface area contributed by atoms with Crippen molar-refractivity contribution in [1.29, 1.82) is 0 Å². The fourth-order valence-electron chi connectivity index (χ4n) is 3.87. The van der Waals surface area contributed by atoms with Crippen LogP contribution in [0.4, 0.5) is 0 Å². The van der Waals surface area contributed by atoms with Crippen LogP contribution in [0.3, 0.4) is 0 Å². The average Bonchev–Trinajstić information content (AvgIpc) is 3.34. The molecule has 2 saturated heterocycles. The van der Waals surface area contributed by atoms with Gasteiger partial charge >= 0.3 is 0 Å². The van der Waals surface area contributed by atoms with E-state index in [9.17, 15) is 9.59 Å². The first-order chi connectivity index (χ1) is 10.5. The summed E-state index contributed by atoms with van der Waals surface area (Å²) in [5, 5.41) is 0. The van der Waals surface area contributed by atoms with Crippen molar-refractivity contribution >= 4 is 11.8 Å². The molecule has 2 aliphatic heterocycles. The molecule has 3 aliphatic rings. The van der Waals surface area contributed by atoms with Crippen molar-refractivity contribution in [3.8, 4) is 0 Å². The lowest BCUT2D eigenvalue weighted by Crippen LogP contribution is -2.47. The minimum Gasteiger partial charge on any atom is -0.342 e. The van der Waals surface area contributed by atoms with Crippen molar-refractivity contribution in [2.75, 3.05) is 26.2 Å². The summed E-state index contributed by atoms with van der Waals surface area (Å²) in [5.74, 6) is 0.908. The number of hydrogen-bond donors (Lipinski definition) is 0. The highest BCUT2D eigenvalue weighted by molar-refractivity contribution is 5.83. The summed E-state index contributed by atoms with van der Waals surface area (Å²) in [6, 6.07) is 0. The molecule has 2 heterocycles. The van der Waals surface area contributed by atoms with Crippen LogP contribution in [0.25, 0.3) is 0 Å². The van der Waals surface area contributed by atoms with Crippen LogP contribution in [0, 0.1) is 17.3 Å². The summed E-state index contributed by atoms with van der Waals surface area (Å²) < 4.78 is 0. The lowest BCUT2D eigenvalue weighted by Gasteiger charge is -2.35. The predicted octanol–water partition coefficient (Wildman–Crippen LogP) is 2.67. The normalized spacial score (nSPS) is 29.1. The van der Waals surface area contributed by atoms with Gasteiger partial charge in [0.1, 0.15) is 0 Å². The van der Waals surface area contributed by atoms with E-state index in [1.54, 1.807) is 0 Å². The molecule has 1 saturated carbocycles. The number of piperidine rings is 1. The minimum absolute atomic E-state index is 0.0395. The van der Waals surface area contributed by atoms with E-state index in [-0.39, 0.29) is 11.8 Å². The molecule has 0 aromatic rings. The first-order valence-corrected chi connectivity index (χ1v) is 9.04. The molecule has 0 N–H and O–H groups in total. The Morgan fingerprint density at radius 1 is 0.818 bits per heavy atom. The van der Waals surface area contributed by atoms with Gasteiger partial charge in [-0.1, -0.05) is 13.8 Å². The number of carbonyl (C=O) groups excluding carboxylic acids is 2. The Hall–Kier alpha value is -1.06. The van der Waals surface area contributed by atoms with Gasteiger partial charge in [0, 0.05) is 32.1 Å². The average molecular weight is 306 g/mol. The molecule has 1 atom stereocenters. The van der Waals surface area contributed by atoms with Gasteiger partial charge in [0.2, 0.25) is 11.8 Å². The molecule has 0 spiro atoms. The van der Waals surface area contributed by atoms with E-state index in [2.05, 4.69) is 18.7 Å². The summed E-state index contributed by atoms with van der Waals surface area (Å²) in [4.78, 5) is 29.1. The number of nitrogens with zero attached hydrogens (tertiary/aromatic N) is 2. The number of carbonyl (C=O) groups is 2. The maximum Gasteiger partial charge on any atom is 0.227 e. The molecule has 4 nitrogen and oxygen atoms in total. The van der Waals surface area contributed by atoms with E-state index in [0.29, 0.717) is 23.8 Å². The van der Waals surface area contributed by atoms with Crippen LogP contribution in [-0.2, 0) is 9.59 Å². The highest BCUT2D eigenvalue weighted by Gasteiger charge is 2.38.